The minimum Gasteiger partial charge on any atom is -0.299 e. The lowest BCUT2D eigenvalue weighted by Crippen LogP contribution is -2.63. The molecule has 2 aromatic rings. The molecule has 0 fully saturated rings. The predicted octanol–water partition coefficient (Wildman–Crippen LogP) is 3.37. The topological polar surface area (TPSA) is 7.12 Å². The van der Waals surface area contributed by atoms with Crippen LogP contribution in [-0.4, -0.2) is 24.0 Å². The van der Waals surface area contributed by atoms with E-state index in [0.717, 1.165) is 13.1 Å². The normalized spacial score (nSPS) is 28.5. The molecule has 5 rings (SSSR count). The smallest absolute Gasteiger partial charge is 0.191 e. The van der Waals surface area contributed by atoms with Gasteiger partial charge in [0.05, 0.1) is 5.92 Å². The van der Waals surface area contributed by atoms with Gasteiger partial charge in [0.1, 0.15) is 0 Å². The number of likely N-dealkylation sites (N-methyl/N-ethyl adjacent to an activating group) is 1. The second-order valence-corrected chi connectivity index (χ2v) is 6.66. The molecule has 0 N–H and O–H groups in total. The van der Waals surface area contributed by atoms with E-state index in [4.69, 9.17) is 0 Å². The molecule has 0 amide bonds. The maximum atomic E-state index is 2.66. The Kier molecular flexibility index (Phi) is 3.30. The van der Waals surface area contributed by atoms with Crippen molar-refractivity contribution in [3.63, 3.8) is 0 Å². The van der Waals surface area contributed by atoms with Gasteiger partial charge in [-0.2, -0.15) is 4.57 Å². The van der Waals surface area contributed by atoms with Gasteiger partial charge in [0.2, 0.25) is 0 Å². The van der Waals surface area contributed by atoms with E-state index in [0.29, 0.717) is 23.9 Å². The van der Waals surface area contributed by atoms with Crippen molar-refractivity contribution in [3.8, 4) is 0 Å². The van der Waals surface area contributed by atoms with Crippen LogP contribution in [0, 0.1) is 5.92 Å². The largest absolute Gasteiger partial charge is 0.299 e. The summed E-state index contributed by atoms with van der Waals surface area (Å²) in [4.78, 5) is 2.66. The number of aromatic nitrogens is 1. The van der Waals surface area contributed by atoms with Gasteiger partial charge in [0.25, 0.3) is 0 Å². The number of pyridine rings is 1. The molecule has 4 atom stereocenters. The van der Waals surface area contributed by atoms with Gasteiger partial charge in [0.15, 0.2) is 17.9 Å². The van der Waals surface area contributed by atoms with Crippen molar-refractivity contribution in [1.82, 2.24) is 4.90 Å². The Balaban J connectivity index is 1.95. The summed E-state index contributed by atoms with van der Waals surface area (Å²) in [6.45, 7) is 9.29. The summed E-state index contributed by atoms with van der Waals surface area (Å²) in [7, 11) is 0. The van der Waals surface area contributed by atoms with Crippen LogP contribution in [-0.2, 0) is 0 Å². The summed E-state index contributed by atoms with van der Waals surface area (Å²) >= 11 is 0. The van der Waals surface area contributed by atoms with E-state index < -0.39 is 0 Å². The summed E-state index contributed by atoms with van der Waals surface area (Å²) in [6.07, 6.45) is 2.28. The lowest BCUT2D eigenvalue weighted by Gasteiger charge is -2.48. The zero-order valence-electron chi connectivity index (χ0n) is 13.7. The fourth-order valence-electron chi connectivity index (χ4n) is 4.93. The Morgan fingerprint density at radius 2 is 1.64 bits per heavy atom. The Morgan fingerprint density at radius 3 is 2.36 bits per heavy atom. The first-order chi connectivity index (χ1) is 10.8. The first-order valence-corrected chi connectivity index (χ1v) is 8.60. The SMILES string of the molecule is CCN(CC)C1C2c3ccccc3C(C1C)[n+]1ccccc12. The molecule has 2 aliphatic heterocycles. The molecule has 22 heavy (non-hydrogen) atoms. The molecule has 3 aliphatic rings. The summed E-state index contributed by atoms with van der Waals surface area (Å²) in [5, 5.41) is 0. The van der Waals surface area contributed by atoms with Crippen molar-refractivity contribution in [2.45, 2.75) is 38.8 Å². The zero-order chi connectivity index (χ0) is 15.3. The zero-order valence-corrected chi connectivity index (χ0v) is 13.7. The van der Waals surface area contributed by atoms with E-state index >= 15 is 0 Å². The average Bonchev–Trinajstić information content (AvgIpc) is 2.57. The molecule has 2 heteroatoms. The Labute approximate surface area is 133 Å². The van der Waals surface area contributed by atoms with Crippen molar-refractivity contribution >= 4 is 0 Å². The highest BCUT2D eigenvalue weighted by molar-refractivity contribution is 5.43. The van der Waals surface area contributed by atoms with Crippen LogP contribution in [0.15, 0.2) is 48.7 Å². The molecule has 4 unspecified atom stereocenters. The lowest BCUT2D eigenvalue weighted by molar-refractivity contribution is -0.738. The number of fused-ring (bicyclic) bond motifs is 1. The van der Waals surface area contributed by atoms with E-state index in [1.165, 1.54) is 11.3 Å². The van der Waals surface area contributed by atoms with Crippen molar-refractivity contribution in [2.75, 3.05) is 13.1 Å². The minimum absolute atomic E-state index is 0.475. The molecular formula is C20H25N2+. The third-order valence-electron chi connectivity index (χ3n) is 5.80. The van der Waals surface area contributed by atoms with Crippen LogP contribution in [0.2, 0.25) is 0 Å². The van der Waals surface area contributed by atoms with Gasteiger partial charge in [-0.05, 0) is 18.7 Å². The number of benzene rings is 1. The monoisotopic (exact) mass is 293 g/mol. The molecule has 1 aliphatic carbocycles. The highest BCUT2D eigenvalue weighted by Crippen LogP contribution is 2.49. The van der Waals surface area contributed by atoms with Crippen LogP contribution in [0.25, 0.3) is 0 Å². The highest BCUT2D eigenvalue weighted by atomic mass is 15.2. The second kappa shape index (κ2) is 5.20. The maximum absolute atomic E-state index is 2.66. The molecule has 0 saturated heterocycles. The van der Waals surface area contributed by atoms with Crippen LogP contribution in [0.1, 0.15) is 49.6 Å². The van der Waals surface area contributed by atoms with Crippen molar-refractivity contribution in [3.05, 3.63) is 65.5 Å². The van der Waals surface area contributed by atoms with E-state index in [1.54, 1.807) is 5.56 Å². The number of hydrogen-bond donors (Lipinski definition) is 0. The molecule has 2 bridgehead atoms. The molecule has 3 heterocycles. The van der Waals surface area contributed by atoms with Crippen molar-refractivity contribution < 1.29 is 4.57 Å². The quantitative estimate of drug-likeness (QED) is 0.787. The Bertz CT molecular complexity index is 642. The standard InChI is InChI=1S/C20H25N2/c1-4-21(5-2)20-14(3)19-16-11-7-6-10-15(16)18(20)17-12-8-9-13-22(17)19/h6-14,18-20H,4-5H2,1-3H3/q+1. The molecular weight excluding hydrogens is 268 g/mol. The Morgan fingerprint density at radius 1 is 0.955 bits per heavy atom. The highest BCUT2D eigenvalue weighted by Gasteiger charge is 2.54. The van der Waals surface area contributed by atoms with Gasteiger partial charge in [-0.3, -0.25) is 4.90 Å². The second-order valence-electron chi connectivity index (χ2n) is 6.66. The molecule has 0 spiro atoms. The van der Waals surface area contributed by atoms with Gasteiger partial charge >= 0.3 is 0 Å². The third kappa shape index (κ3) is 1.73. The van der Waals surface area contributed by atoms with Gasteiger partial charge in [-0.25, -0.2) is 0 Å². The number of hydrogen-bond acceptors (Lipinski definition) is 1. The summed E-state index contributed by atoms with van der Waals surface area (Å²) in [5.74, 6) is 1.14. The fraction of sp³-hybridized carbons (Fsp3) is 0.450. The van der Waals surface area contributed by atoms with Crippen molar-refractivity contribution in [2.24, 2.45) is 5.92 Å². The van der Waals surface area contributed by atoms with Gasteiger partial charge < -0.3 is 0 Å². The van der Waals surface area contributed by atoms with E-state index in [9.17, 15) is 0 Å². The molecule has 0 saturated carbocycles. The van der Waals surface area contributed by atoms with Crippen LogP contribution in [0.4, 0.5) is 0 Å². The first kappa shape index (κ1) is 14.0. The maximum Gasteiger partial charge on any atom is 0.191 e. The molecule has 2 nitrogen and oxygen atoms in total. The molecule has 1 aromatic carbocycles. The van der Waals surface area contributed by atoms with Gasteiger partial charge in [0, 0.05) is 29.7 Å². The summed E-state index contributed by atoms with van der Waals surface area (Å²) in [5.41, 5.74) is 4.57. The van der Waals surface area contributed by atoms with E-state index in [-0.39, 0.29) is 0 Å². The Hall–Kier alpha value is -1.67. The minimum atomic E-state index is 0.475. The van der Waals surface area contributed by atoms with Crippen LogP contribution >= 0.6 is 0 Å². The van der Waals surface area contributed by atoms with Gasteiger partial charge in [-0.15, -0.1) is 0 Å². The molecule has 1 aromatic heterocycles. The molecule has 114 valence electrons. The van der Waals surface area contributed by atoms with E-state index in [2.05, 4.69) is 78.9 Å². The van der Waals surface area contributed by atoms with Crippen LogP contribution < -0.4 is 4.57 Å². The summed E-state index contributed by atoms with van der Waals surface area (Å²) in [6, 6.07) is 16.9. The van der Waals surface area contributed by atoms with Gasteiger partial charge in [-0.1, -0.05) is 51.1 Å². The first-order valence-electron chi connectivity index (χ1n) is 8.60. The fourth-order valence-corrected chi connectivity index (χ4v) is 4.93. The number of rotatable bonds is 3. The lowest BCUT2D eigenvalue weighted by atomic mass is 9.65. The van der Waals surface area contributed by atoms with Crippen molar-refractivity contribution in [1.29, 1.82) is 0 Å². The third-order valence-corrected chi connectivity index (χ3v) is 5.80. The van der Waals surface area contributed by atoms with Crippen LogP contribution in [0.3, 0.4) is 0 Å². The van der Waals surface area contributed by atoms with E-state index in [1.807, 2.05) is 0 Å². The predicted molar refractivity (Wildman–Crippen MR) is 88.9 cm³/mol. The molecule has 0 radical (unpaired) electrons. The number of nitrogens with zero attached hydrogens (tertiary/aromatic N) is 2. The average molecular weight is 293 g/mol. The summed E-state index contributed by atoms with van der Waals surface area (Å²) < 4.78 is 2.53. The van der Waals surface area contributed by atoms with Crippen LogP contribution in [0.5, 0.6) is 0 Å².